The van der Waals surface area contributed by atoms with Crippen molar-refractivity contribution in [2.24, 2.45) is 0 Å². The van der Waals surface area contributed by atoms with Crippen molar-refractivity contribution in [3.63, 3.8) is 0 Å². The van der Waals surface area contributed by atoms with Crippen molar-refractivity contribution in [2.75, 3.05) is 6.54 Å². The van der Waals surface area contributed by atoms with Crippen LogP contribution in [0.2, 0.25) is 0 Å². The molecule has 0 unspecified atom stereocenters. The molecular weight excluding hydrogens is 492 g/mol. The van der Waals surface area contributed by atoms with Gasteiger partial charge in [-0.3, -0.25) is 18.9 Å². The molecule has 0 spiro atoms. The second-order valence-electron chi connectivity index (χ2n) is 8.06. The molecule has 12 nitrogen and oxygen atoms in total. The smallest absolute Gasteiger partial charge is 0.408 e. The number of carbonyl (C=O) groups excluding carboxylic acids is 4. The van der Waals surface area contributed by atoms with Gasteiger partial charge in [-0.25, -0.2) is 9.10 Å². The zero-order chi connectivity index (χ0) is 26.3. The summed E-state index contributed by atoms with van der Waals surface area (Å²) in [5.41, 5.74) is 1.52. The van der Waals surface area contributed by atoms with E-state index in [4.69, 9.17) is 9.29 Å². The summed E-state index contributed by atoms with van der Waals surface area (Å²) in [6, 6.07) is 14.7. The number of amides is 4. The van der Waals surface area contributed by atoms with Gasteiger partial charge in [0.15, 0.2) is 0 Å². The van der Waals surface area contributed by atoms with Gasteiger partial charge in [0.2, 0.25) is 11.8 Å². The van der Waals surface area contributed by atoms with Crippen molar-refractivity contribution in [2.45, 2.75) is 38.1 Å². The lowest BCUT2D eigenvalue weighted by Gasteiger charge is -2.42. The Balaban J connectivity index is 1.55. The Morgan fingerprint density at radius 1 is 1.03 bits per heavy atom. The average Bonchev–Trinajstić information content (AvgIpc) is 2.84. The van der Waals surface area contributed by atoms with E-state index in [1.54, 1.807) is 54.6 Å². The first kappa shape index (κ1) is 26.6. The number of β-lactam (4-membered cyclic amide) rings is 1. The van der Waals surface area contributed by atoms with Crippen LogP contribution in [0.3, 0.4) is 0 Å². The zero-order valence-corrected chi connectivity index (χ0v) is 20.1. The molecule has 0 aromatic heterocycles. The monoisotopic (exact) mass is 518 g/mol. The van der Waals surface area contributed by atoms with Crippen molar-refractivity contribution in [3.05, 3.63) is 71.8 Å². The predicted octanol–water partition coefficient (Wildman–Crippen LogP) is 0.159. The Bertz CT molecular complexity index is 1210. The van der Waals surface area contributed by atoms with E-state index in [9.17, 15) is 27.6 Å². The van der Waals surface area contributed by atoms with Crippen LogP contribution in [-0.4, -0.2) is 65.8 Å². The van der Waals surface area contributed by atoms with Gasteiger partial charge < -0.3 is 20.7 Å². The SMILES string of the molecule is C[C@H]1[C@H](NC(=O)CNC(=O)[C@H](Cc2ccccc2)NC(=O)OCc2ccccc2)C(=O)N1S(=O)(=O)O. The Labute approximate surface area is 207 Å². The minimum absolute atomic E-state index is 0.00291. The van der Waals surface area contributed by atoms with Crippen LogP contribution in [0.25, 0.3) is 0 Å². The normalized spacial score (nSPS) is 17.9. The second kappa shape index (κ2) is 11.6. The number of ether oxygens (including phenoxy) is 1. The van der Waals surface area contributed by atoms with E-state index in [-0.39, 0.29) is 17.3 Å². The molecule has 4 amide bonds. The highest BCUT2D eigenvalue weighted by atomic mass is 32.2. The van der Waals surface area contributed by atoms with E-state index in [0.29, 0.717) is 0 Å². The second-order valence-corrected chi connectivity index (χ2v) is 9.35. The maximum atomic E-state index is 12.8. The molecule has 1 fully saturated rings. The van der Waals surface area contributed by atoms with E-state index < -0.39 is 58.8 Å². The number of nitrogens with zero attached hydrogens (tertiary/aromatic N) is 1. The number of benzene rings is 2. The lowest BCUT2D eigenvalue weighted by atomic mass is 10.0. The molecule has 0 saturated carbocycles. The first-order valence-electron chi connectivity index (χ1n) is 10.9. The van der Waals surface area contributed by atoms with Gasteiger partial charge in [0.1, 0.15) is 18.7 Å². The summed E-state index contributed by atoms with van der Waals surface area (Å²) in [5, 5.41) is 7.20. The molecule has 1 aliphatic heterocycles. The third kappa shape index (κ3) is 7.02. The lowest BCUT2D eigenvalue weighted by molar-refractivity contribution is -0.144. The van der Waals surface area contributed by atoms with Gasteiger partial charge in [-0.2, -0.15) is 8.42 Å². The maximum absolute atomic E-state index is 12.8. The molecule has 1 heterocycles. The molecular formula is C23H26N4O8S. The number of carbonyl (C=O) groups is 4. The molecule has 0 radical (unpaired) electrons. The summed E-state index contributed by atoms with van der Waals surface area (Å²) < 4.78 is 36.8. The van der Waals surface area contributed by atoms with Crippen LogP contribution in [0, 0.1) is 0 Å². The maximum Gasteiger partial charge on any atom is 0.408 e. The molecule has 4 N–H and O–H groups in total. The molecule has 36 heavy (non-hydrogen) atoms. The quantitative estimate of drug-likeness (QED) is 0.254. The molecule has 2 aromatic carbocycles. The summed E-state index contributed by atoms with van der Waals surface area (Å²) in [4.78, 5) is 49.3. The number of hydrogen-bond acceptors (Lipinski definition) is 7. The van der Waals surface area contributed by atoms with Crippen molar-refractivity contribution >= 4 is 34.1 Å². The van der Waals surface area contributed by atoms with Gasteiger partial charge >= 0.3 is 16.4 Å². The fourth-order valence-electron chi connectivity index (χ4n) is 3.58. The van der Waals surface area contributed by atoms with E-state index in [0.717, 1.165) is 11.1 Å². The predicted molar refractivity (Wildman–Crippen MR) is 126 cm³/mol. The Kier molecular flexibility index (Phi) is 8.61. The fourth-order valence-corrected chi connectivity index (χ4v) is 4.47. The molecule has 13 heteroatoms. The van der Waals surface area contributed by atoms with Gasteiger partial charge in [-0.1, -0.05) is 60.7 Å². The third-order valence-corrected chi connectivity index (χ3v) is 6.44. The lowest BCUT2D eigenvalue weighted by Crippen LogP contribution is -2.71. The summed E-state index contributed by atoms with van der Waals surface area (Å²) >= 11 is 0. The van der Waals surface area contributed by atoms with E-state index in [2.05, 4.69) is 16.0 Å². The number of hydrogen-bond donors (Lipinski definition) is 4. The van der Waals surface area contributed by atoms with Gasteiger partial charge in [-0.05, 0) is 18.1 Å². The molecule has 192 valence electrons. The number of rotatable bonds is 10. The largest absolute Gasteiger partial charge is 0.445 e. The molecule has 0 aliphatic carbocycles. The number of alkyl carbamates (subject to hydrolysis) is 1. The first-order chi connectivity index (χ1) is 17.1. The summed E-state index contributed by atoms with van der Waals surface area (Å²) in [5.74, 6) is -2.42. The van der Waals surface area contributed by atoms with Crippen molar-refractivity contribution < 1.29 is 36.9 Å². The summed E-state index contributed by atoms with van der Waals surface area (Å²) in [6.07, 6.45) is -0.700. The van der Waals surface area contributed by atoms with Gasteiger partial charge in [0.25, 0.3) is 5.91 Å². The highest BCUT2D eigenvalue weighted by Gasteiger charge is 2.51. The molecule has 3 rings (SSSR count). The summed E-state index contributed by atoms with van der Waals surface area (Å²) in [7, 11) is -4.72. The average molecular weight is 519 g/mol. The molecule has 2 aromatic rings. The topological polar surface area (TPSA) is 171 Å². The van der Waals surface area contributed by atoms with Crippen molar-refractivity contribution in [3.8, 4) is 0 Å². The van der Waals surface area contributed by atoms with Crippen LogP contribution < -0.4 is 16.0 Å². The third-order valence-electron chi connectivity index (χ3n) is 5.43. The van der Waals surface area contributed by atoms with Crippen molar-refractivity contribution in [1.29, 1.82) is 0 Å². The van der Waals surface area contributed by atoms with Crippen LogP contribution in [0.4, 0.5) is 4.79 Å². The molecule has 3 atom stereocenters. The highest BCUT2D eigenvalue weighted by Crippen LogP contribution is 2.22. The van der Waals surface area contributed by atoms with Crippen molar-refractivity contribution in [1.82, 2.24) is 20.3 Å². The Hall–Kier alpha value is -3.97. The van der Waals surface area contributed by atoms with E-state index in [1.165, 1.54) is 6.92 Å². The Morgan fingerprint density at radius 2 is 1.61 bits per heavy atom. The van der Waals surface area contributed by atoms with Crippen LogP contribution in [0.1, 0.15) is 18.1 Å². The number of nitrogens with one attached hydrogen (secondary N) is 3. The van der Waals surface area contributed by atoms with Crippen LogP contribution in [0.15, 0.2) is 60.7 Å². The van der Waals surface area contributed by atoms with Gasteiger partial charge in [0, 0.05) is 6.42 Å². The van der Waals surface area contributed by atoms with Gasteiger partial charge in [-0.15, -0.1) is 0 Å². The zero-order valence-electron chi connectivity index (χ0n) is 19.3. The van der Waals surface area contributed by atoms with Gasteiger partial charge in [0.05, 0.1) is 12.6 Å². The van der Waals surface area contributed by atoms with Crippen LogP contribution in [-0.2, 0) is 42.5 Å². The first-order valence-corrected chi connectivity index (χ1v) is 12.3. The molecule has 1 aliphatic rings. The Morgan fingerprint density at radius 3 is 2.17 bits per heavy atom. The van der Waals surface area contributed by atoms with Crippen LogP contribution in [0.5, 0.6) is 0 Å². The fraction of sp³-hybridized carbons (Fsp3) is 0.304. The molecule has 0 bridgehead atoms. The molecule has 1 saturated heterocycles. The van der Waals surface area contributed by atoms with E-state index >= 15 is 0 Å². The minimum Gasteiger partial charge on any atom is -0.445 e. The summed E-state index contributed by atoms with van der Waals surface area (Å²) in [6.45, 7) is 0.801. The van der Waals surface area contributed by atoms with Crippen LogP contribution >= 0.6 is 0 Å². The van der Waals surface area contributed by atoms with E-state index in [1.807, 2.05) is 6.07 Å². The minimum atomic E-state index is -4.72. The highest BCUT2D eigenvalue weighted by molar-refractivity contribution is 7.84. The standard InChI is InChI=1S/C23H26N4O8S/c1-15-20(22(30)27(15)36(32,33)34)26-19(28)13-24-21(29)18(12-16-8-4-2-5-9-16)25-23(31)35-14-17-10-6-3-7-11-17/h2-11,15,18,20H,12-14H2,1H3,(H,24,29)(H,25,31)(H,26,28)(H,32,33,34)/t15-,18-,20-/m0/s1.